The molecule has 2 aromatic rings. The van der Waals surface area contributed by atoms with Crippen molar-refractivity contribution in [2.75, 3.05) is 13.2 Å². The minimum Gasteiger partial charge on any atom is -0.492 e. The lowest BCUT2D eigenvalue weighted by Crippen LogP contribution is -2.28. The highest BCUT2D eigenvalue weighted by Gasteiger charge is 2.30. The molecule has 8 heteroatoms. The van der Waals surface area contributed by atoms with Crippen LogP contribution in [0.15, 0.2) is 47.4 Å². The van der Waals surface area contributed by atoms with E-state index in [1.165, 1.54) is 18.2 Å². The fraction of sp³-hybridized carbons (Fsp3) is 0.294. The van der Waals surface area contributed by atoms with Crippen molar-refractivity contribution in [1.29, 1.82) is 0 Å². The van der Waals surface area contributed by atoms with Gasteiger partial charge in [0, 0.05) is 6.54 Å². The van der Waals surface area contributed by atoms with Crippen molar-refractivity contribution in [2.24, 2.45) is 0 Å². The number of aryl methyl sites for hydroxylation is 2. The summed E-state index contributed by atoms with van der Waals surface area (Å²) < 4.78 is 69.7. The summed E-state index contributed by atoms with van der Waals surface area (Å²) in [5.74, 6) is 0.0280. The van der Waals surface area contributed by atoms with Crippen molar-refractivity contribution >= 4 is 10.0 Å². The summed E-state index contributed by atoms with van der Waals surface area (Å²) in [6, 6.07) is 9.20. The third-order valence-electron chi connectivity index (χ3n) is 3.61. The van der Waals surface area contributed by atoms with E-state index in [0.29, 0.717) is 0 Å². The van der Waals surface area contributed by atoms with Crippen LogP contribution in [-0.4, -0.2) is 21.6 Å². The number of alkyl halides is 3. The molecule has 0 spiro atoms. The second-order valence-electron chi connectivity index (χ2n) is 5.52. The number of hydrogen-bond acceptors (Lipinski definition) is 3. The molecule has 25 heavy (non-hydrogen) atoms. The molecule has 0 heterocycles. The monoisotopic (exact) mass is 373 g/mol. The first-order chi connectivity index (χ1) is 11.6. The van der Waals surface area contributed by atoms with E-state index in [2.05, 4.69) is 4.72 Å². The van der Waals surface area contributed by atoms with Crippen LogP contribution in [0.4, 0.5) is 13.2 Å². The molecular weight excluding hydrogens is 355 g/mol. The Balaban J connectivity index is 1.93. The van der Waals surface area contributed by atoms with Gasteiger partial charge in [-0.1, -0.05) is 12.1 Å². The fourth-order valence-electron chi connectivity index (χ4n) is 2.07. The van der Waals surface area contributed by atoms with Crippen molar-refractivity contribution in [1.82, 2.24) is 4.72 Å². The molecule has 0 bridgehead atoms. The molecule has 0 saturated heterocycles. The zero-order valence-electron chi connectivity index (χ0n) is 13.7. The van der Waals surface area contributed by atoms with Crippen LogP contribution in [0, 0.1) is 13.8 Å². The van der Waals surface area contributed by atoms with Crippen LogP contribution in [0.5, 0.6) is 5.75 Å². The van der Waals surface area contributed by atoms with E-state index in [1.807, 2.05) is 13.8 Å². The fourth-order valence-corrected chi connectivity index (χ4v) is 3.17. The molecule has 2 rings (SSSR count). The van der Waals surface area contributed by atoms with E-state index in [0.717, 1.165) is 23.3 Å². The van der Waals surface area contributed by atoms with Gasteiger partial charge in [-0.15, -0.1) is 0 Å². The predicted octanol–water partition coefficient (Wildman–Crippen LogP) is 3.68. The second kappa shape index (κ2) is 7.45. The third kappa shape index (κ3) is 5.20. The van der Waals surface area contributed by atoms with E-state index in [1.54, 1.807) is 12.1 Å². The second-order valence-corrected chi connectivity index (χ2v) is 7.28. The molecule has 0 aliphatic heterocycles. The highest BCUT2D eigenvalue weighted by atomic mass is 32.2. The quantitative estimate of drug-likeness (QED) is 0.786. The Hall–Kier alpha value is -2.06. The van der Waals surface area contributed by atoms with Crippen LogP contribution in [0.1, 0.15) is 16.7 Å². The Morgan fingerprint density at radius 1 is 1.04 bits per heavy atom. The number of sulfonamides is 1. The molecule has 0 aromatic heterocycles. The van der Waals surface area contributed by atoms with Gasteiger partial charge >= 0.3 is 6.18 Å². The average molecular weight is 373 g/mol. The Bertz CT molecular complexity index is 848. The summed E-state index contributed by atoms with van der Waals surface area (Å²) in [7, 11) is -3.70. The van der Waals surface area contributed by atoms with E-state index in [4.69, 9.17) is 4.74 Å². The Morgan fingerprint density at radius 2 is 1.76 bits per heavy atom. The first kappa shape index (κ1) is 19.3. The van der Waals surface area contributed by atoms with Crippen LogP contribution in [0.25, 0.3) is 0 Å². The molecule has 0 aliphatic carbocycles. The minimum absolute atomic E-state index is 0.0280. The zero-order valence-corrected chi connectivity index (χ0v) is 14.5. The maximum Gasteiger partial charge on any atom is 0.416 e. The normalized spacial score (nSPS) is 12.2. The lowest BCUT2D eigenvalue weighted by molar-refractivity contribution is -0.137. The van der Waals surface area contributed by atoms with E-state index in [-0.39, 0.29) is 23.8 Å². The van der Waals surface area contributed by atoms with Crippen molar-refractivity contribution < 1.29 is 26.3 Å². The average Bonchev–Trinajstić information content (AvgIpc) is 2.53. The smallest absolute Gasteiger partial charge is 0.416 e. The minimum atomic E-state index is -4.45. The summed E-state index contributed by atoms with van der Waals surface area (Å²) in [5.41, 5.74) is 1.01. The molecule has 1 N–H and O–H groups in total. The SMILES string of the molecule is Cc1ccc(S(=O)(=O)NCCOc2cccc(C(F)(F)F)c2)cc1C. The summed E-state index contributed by atoms with van der Waals surface area (Å²) >= 11 is 0. The van der Waals surface area contributed by atoms with Gasteiger partial charge in [-0.2, -0.15) is 13.2 Å². The maximum atomic E-state index is 12.6. The summed E-state index contributed by atoms with van der Waals surface area (Å²) in [6.07, 6.45) is -4.45. The van der Waals surface area contributed by atoms with Crippen LogP contribution in [-0.2, 0) is 16.2 Å². The van der Waals surface area contributed by atoms with Gasteiger partial charge in [0.1, 0.15) is 12.4 Å². The molecule has 0 atom stereocenters. The van der Waals surface area contributed by atoms with Gasteiger partial charge < -0.3 is 4.74 Å². The zero-order chi connectivity index (χ0) is 18.7. The number of benzene rings is 2. The van der Waals surface area contributed by atoms with Gasteiger partial charge in [0.15, 0.2) is 0 Å². The molecule has 0 aliphatic rings. The molecule has 0 unspecified atom stereocenters. The van der Waals surface area contributed by atoms with Gasteiger partial charge in [0.25, 0.3) is 0 Å². The number of rotatable bonds is 6. The Kier molecular flexibility index (Phi) is 5.74. The topological polar surface area (TPSA) is 55.4 Å². The maximum absolute atomic E-state index is 12.6. The molecule has 0 saturated carbocycles. The van der Waals surface area contributed by atoms with Crippen LogP contribution < -0.4 is 9.46 Å². The number of nitrogens with one attached hydrogen (secondary N) is 1. The summed E-state index contributed by atoms with van der Waals surface area (Å²) in [5, 5.41) is 0. The van der Waals surface area contributed by atoms with Crippen LogP contribution in [0.2, 0.25) is 0 Å². The Morgan fingerprint density at radius 3 is 2.40 bits per heavy atom. The van der Waals surface area contributed by atoms with Crippen molar-refractivity contribution in [2.45, 2.75) is 24.9 Å². The van der Waals surface area contributed by atoms with Gasteiger partial charge in [0.2, 0.25) is 10.0 Å². The molecule has 0 fully saturated rings. The van der Waals surface area contributed by atoms with Gasteiger partial charge in [0.05, 0.1) is 10.5 Å². The highest BCUT2D eigenvalue weighted by Crippen LogP contribution is 2.31. The Labute approximate surface area is 144 Å². The van der Waals surface area contributed by atoms with Crippen molar-refractivity contribution in [3.63, 3.8) is 0 Å². The van der Waals surface area contributed by atoms with Crippen molar-refractivity contribution in [3.05, 3.63) is 59.2 Å². The molecule has 4 nitrogen and oxygen atoms in total. The molecule has 2 aromatic carbocycles. The van der Waals surface area contributed by atoms with Gasteiger partial charge in [-0.25, -0.2) is 13.1 Å². The van der Waals surface area contributed by atoms with E-state index in [9.17, 15) is 21.6 Å². The predicted molar refractivity (Wildman–Crippen MR) is 88.0 cm³/mol. The molecular formula is C17H18F3NO3S. The lowest BCUT2D eigenvalue weighted by atomic mass is 10.1. The first-order valence-corrected chi connectivity index (χ1v) is 8.95. The lowest BCUT2D eigenvalue weighted by Gasteiger charge is -2.11. The number of halogens is 3. The number of ether oxygens (including phenoxy) is 1. The number of hydrogen-bond donors (Lipinski definition) is 1. The van der Waals surface area contributed by atoms with E-state index >= 15 is 0 Å². The van der Waals surface area contributed by atoms with Gasteiger partial charge in [-0.05, 0) is 55.3 Å². The van der Waals surface area contributed by atoms with Crippen LogP contribution in [0.3, 0.4) is 0 Å². The van der Waals surface area contributed by atoms with E-state index < -0.39 is 21.8 Å². The molecule has 136 valence electrons. The molecule has 0 amide bonds. The highest BCUT2D eigenvalue weighted by molar-refractivity contribution is 7.89. The summed E-state index contributed by atoms with van der Waals surface area (Å²) in [4.78, 5) is 0.134. The largest absolute Gasteiger partial charge is 0.492 e. The molecule has 0 radical (unpaired) electrons. The standard InChI is InChI=1S/C17H18F3NO3S/c1-12-6-7-16(10-13(12)2)25(22,23)21-8-9-24-15-5-3-4-14(11-15)17(18,19)20/h3-7,10-11,21H,8-9H2,1-2H3. The van der Waals surface area contributed by atoms with Gasteiger partial charge in [-0.3, -0.25) is 0 Å². The third-order valence-corrected chi connectivity index (χ3v) is 5.07. The van der Waals surface area contributed by atoms with Crippen molar-refractivity contribution in [3.8, 4) is 5.75 Å². The van der Waals surface area contributed by atoms with Crippen LogP contribution >= 0.6 is 0 Å². The summed E-state index contributed by atoms with van der Waals surface area (Å²) in [6.45, 7) is 3.53. The first-order valence-electron chi connectivity index (χ1n) is 7.46.